The van der Waals surface area contributed by atoms with Crippen molar-refractivity contribution in [2.45, 2.75) is 17.8 Å². The van der Waals surface area contributed by atoms with Gasteiger partial charge in [0.15, 0.2) is 0 Å². The van der Waals surface area contributed by atoms with Crippen LogP contribution in [0.1, 0.15) is 11.1 Å². The Morgan fingerprint density at radius 2 is 2.06 bits per heavy atom. The van der Waals surface area contributed by atoms with Crippen molar-refractivity contribution < 1.29 is 0 Å². The van der Waals surface area contributed by atoms with Gasteiger partial charge in [0.25, 0.3) is 5.56 Å². The highest BCUT2D eigenvalue weighted by molar-refractivity contribution is 7.98. The van der Waals surface area contributed by atoms with E-state index in [1.54, 1.807) is 0 Å². The Morgan fingerprint density at radius 3 is 2.76 bits per heavy atom. The third kappa shape index (κ3) is 2.85. The van der Waals surface area contributed by atoms with Gasteiger partial charge in [-0.15, -0.1) is 5.10 Å². The maximum atomic E-state index is 11.2. The third-order valence-electron chi connectivity index (χ3n) is 2.24. The van der Waals surface area contributed by atoms with E-state index in [0.717, 1.165) is 16.4 Å². The minimum Gasteiger partial charge on any atom is -0.334 e. The molecule has 1 aromatic carbocycles. The number of benzene rings is 1. The molecule has 0 saturated heterocycles. The van der Waals surface area contributed by atoms with Gasteiger partial charge in [0.05, 0.1) is 0 Å². The lowest BCUT2D eigenvalue weighted by molar-refractivity contribution is 0.698. The summed E-state index contributed by atoms with van der Waals surface area (Å²) in [4.78, 5) is 11.2. The van der Waals surface area contributed by atoms with E-state index in [0.29, 0.717) is 10.9 Å². The zero-order valence-electron chi connectivity index (χ0n) is 9.33. The lowest BCUT2D eigenvalue weighted by Crippen LogP contribution is -2.29. The zero-order chi connectivity index (χ0) is 12.3. The van der Waals surface area contributed by atoms with Crippen molar-refractivity contribution in [3.05, 3.63) is 51.9 Å². The molecule has 0 unspecified atom stereocenters. The van der Waals surface area contributed by atoms with Crippen LogP contribution < -0.4 is 11.4 Å². The monoisotopic (exact) mass is 248 g/mol. The molecule has 6 heteroatoms. The van der Waals surface area contributed by atoms with Crippen molar-refractivity contribution in [3.8, 4) is 0 Å². The van der Waals surface area contributed by atoms with Gasteiger partial charge in [0, 0.05) is 5.75 Å². The molecule has 1 aromatic heterocycles. The number of rotatable bonds is 3. The molecule has 0 aliphatic rings. The Labute approximate surface area is 103 Å². The maximum Gasteiger partial charge on any atom is 0.291 e. The molecule has 0 fully saturated rings. The largest absolute Gasteiger partial charge is 0.334 e. The molecule has 5 nitrogen and oxygen atoms in total. The summed E-state index contributed by atoms with van der Waals surface area (Å²) in [7, 11) is 0. The molecule has 0 saturated carbocycles. The smallest absolute Gasteiger partial charge is 0.291 e. The molecule has 0 aliphatic carbocycles. The first kappa shape index (κ1) is 11.7. The number of nitrogen functional groups attached to an aromatic ring is 1. The summed E-state index contributed by atoms with van der Waals surface area (Å²) >= 11 is 1.38. The van der Waals surface area contributed by atoms with Crippen molar-refractivity contribution in [3.63, 3.8) is 0 Å². The number of nitrogens with two attached hydrogens (primary N) is 1. The van der Waals surface area contributed by atoms with Crippen LogP contribution in [0.4, 0.5) is 0 Å². The first-order valence-electron chi connectivity index (χ1n) is 5.05. The van der Waals surface area contributed by atoms with Gasteiger partial charge in [-0.05, 0) is 12.5 Å². The van der Waals surface area contributed by atoms with Crippen molar-refractivity contribution in [1.82, 2.24) is 14.9 Å². The predicted octanol–water partition coefficient (Wildman–Crippen LogP) is 0.953. The lowest BCUT2D eigenvalue weighted by atomic mass is 10.2. The summed E-state index contributed by atoms with van der Waals surface area (Å²) in [5.41, 5.74) is 2.01. The van der Waals surface area contributed by atoms with Crippen LogP contribution in [0.25, 0.3) is 0 Å². The highest BCUT2D eigenvalue weighted by Gasteiger charge is 2.04. The second-order valence-electron chi connectivity index (χ2n) is 3.61. The minimum atomic E-state index is -0.355. The van der Waals surface area contributed by atoms with Crippen LogP contribution in [-0.2, 0) is 5.75 Å². The molecule has 1 heterocycles. The molecule has 17 heavy (non-hydrogen) atoms. The van der Waals surface area contributed by atoms with Gasteiger partial charge in [0.2, 0.25) is 5.16 Å². The number of hydrogen-bond donors (Lipinski definition) is 1. The molecule has 88 valence electrons. The van der Waals surface area contributed by atoms with Crippen molar-refractivity contribution in [1.29, 1.82) is 0 Å². The van der Waals surface area contributed by atoms with Crippen LogP contribution in [0.2, 0.25) is 0 Å². The molecule has 0 spiro atoms. The van der Waals surface area contributed by atoms with Gasteiger partial charge in [-0.3, -0.25) is 4.79 Å². The van der Waals surface area contributed by atoms with Crippen molar-refractivity contribution >= 4 is 11.8 Å². The van der Waals surface area contributed by atoms with Crippen molar-refractivity contribution in [2.75, 3.05) is 5.84 Å². The average molecular weight is 248 g/mol. The third-order valence-corrected chi connectivity index (χ3v) is 3.26. The Bertz CT molecular complexity index is 564. The highest BCUT2D eigenvalue weighted by Crippen LogP contribution is 2.18. The van der Waals surface area contributed by atoms with E-state index in [2.05, 4.69) is 10.2 Å². The Hall–Kier alpha value is -1.82. The molecule has 0 aliphatic heterocycles. The quantitative estimate of drug-likeness (QED) is 0.646. The summed E-state index contributed by atoms with van der Waals surface area (Å²) < 4.78 is 1.01. The molecule has 2 N–H and O–H groups in total. The molecule has 0 radical (unpaired) electrons. The second kappa shape index (κ2) is 5.01. The average Bonchev–Trinajstić information content (AvgIpc) is 2.33. The van der Waals surface area contributed by atoms with E-state index < -0.39 is 0 Å². The summed E-state index contributed by atoms with van der Waals surface area (Å²) in [6.07, 6.45) is 1.09. The molecule has 0 bridgehead atoms. The van der Waals surface area contributed by atoms with Crippen LogP contribution in [0, 0.1) is 6.92 Å². The fourth-order valence-electron chi connectivity index (χ4n) is 1.26. The first-order valence-corrected chi connectivity index (χ1v) is 6.03. The number of hydrogen-bond acceptors (Lipinski definition) is 5. The number of aromatic nitrogens is 3. The summed E-state index contributed by atoms with van der Waals surface area (Å²) in [6, 6.07) is 8.17. The van der Waals surface area contributed by atoms with Gasteiger partial charge >= 0.3 is 0 Å². The SMILES string of the molecule is Cc1ccc(CSc2nncc(=O)n2N)cc1. The molecule has 0 atom stereocenters. The molecule has 0 amide bonds. The minimum absolute atomic E-state index is 0.355. The van der Waals surface area contributed by atoms with Gasteiger partial charge in [-0.1, -0.05) is 41.6 Å². The van der Waals surface area contributed by atoms with Gasteiger partial charge in [-0.2, -0.15) is 9.77 Å². The first-order chi connectivity index (χ1) is 8.16. The van der Waals surface area contributed by atoms with E-state index in [-0.39, 0.29) is 5.56 Å². The topological polar surface area (TPSA) is 73.8 Å². The molecule has 2 rings (SSSR count). The standard InChI is InChI=1S/C11H12N4OS/c1-8-2-4-9(5-3-8)7-17-11-14-13-6-10(16)15(11)12/h2-6H,7,12H2,1H3. The van der Waals surface area contributed by atoms with E-state index in [9.17, 15) is 4.79 Å². The fraction of sp³-hybridized carbons (Fsp3) is 0.182. The summed E-state index contributed by atoms with van der Waals surface area (Å²) in [5.74, 6) is 6.26. The Balaban J connectivity index is 2.10. The fourth-order valence-corrected chi connectivity index (χ4v) is 2.09. The van der Waals surface area contributed by atoms with Crippen LogP contribution in [0.15, 0.2) is 40.4 Å². The van der Waals surface area contributed by atoms with Gasteiger partial charge in [0.1, 0.15) is 6.20 Å². The van der Waals surface area contributed by atoms with Crippen LogP contribution in [0.3, 0.4) is 0 Å². The second-order valence-corrected chi connectivity index (χ2v) is 4.55. The number of thioether (sulfide) groups is 1. The normalized spacial score (nSPS) is 10.4. The van der Waals surface area contributed by atoms with E-state index >= 15 is 0 Å². The van der Waals surface area contributed by atoms with E-state index in [4.69, 9.17) is 5.84 Å². The van der Waals surface area contributed by atoms with Crippen LogP contribution in [-0.4, -0.2) is 14.9 Å². The molecular weight excluding hydrogens is 236 g/mol. The highest BCUT2D eigenvalue weighted by atomic mass is 32.2. The maximum absolute atomic E-state index is 11.2. The lowest BCUT2D eigenvalue weighted by Gasteiger charge is -2.04. The van der Waals surface area contributed by atoms with Gasteiger partial charge < -0.3 is 5.84 Å². The van der Waals surface area contributed by atoms with Crippen LogP contribution >= 0.6 is 11.8 Å². The van der Waals surface area contributed by atoms with E-state index in [1.807, 2.05) is 31.2 Å². The van der Waals surface area contributed by atoms with Crippen LogP contribution in [0.5, 0.6) is 0 Å². The summed E-state index contributed by atoms with van der Waals surface area (Å²) in [6.45, 7) is 2.04. The Kier molecular flexibility index (Phi) is 3.43. The molecular formula is C11H12N4OS. The van der Waals surface area contributed by atoms with Crippen molar-refractivity contribution in [2.24, 2.45) is 0 Å². The predicted molar refractivity (Wildman–Crippen MR) is 67.2 cm³/mol. The Morgan fingerprint density at radius 1 is 1.35 bits per heavy atom. The van der Waals surface area contributed by atoms with Gasteiger partial charge in [-0.25, -0.2) is 0 Å². The number of aryl methyl sites for hydroxylation is 1. The summed E-state index contributed by atoms with van der Waals surface area (Å²) in [5, 5.41) is 7.82. The van der Waals surface area contributed by atoms with E-state index in [1.165, 1.54) is 17.3 Å². The molecule has 2 aromatic rings. The zero-order valence-corrected chi connectivity index (χ0v) is 10.1. The number of nitrogens with zero attached hydrogens (tertiary/aromatic N) is 3.